The highest BCUT2D eigenvalue weighted by Gasteiger charge is 2.72. The smallest absolute Gasteiger partial charge is 0.306 e. The van der Waals surface area contributed by atoms with E-state index in [1.165, 1.54) is 32.1 Å². The molecule has 7 heteroatoms. The molecule has 1 aliphatic heterocycles. The Balaban J connectivity index is 1.24. The summed E-state index contributed by atoms with van der Waals surface area (Å²) in [6.45, 7) is 21.4. The number of aliphatic carboxylic acids is 1. The first kappa shape index (κ1) is 35.2. The lowest BCUT2D eigenvalue weighted by Crippen LogP contribution is -2.67. The van der Waals surface area contributed by atoms with E-state index in [2.05, 4.69) is 46.4 Å². The number of carboxylic acids is 1. The summed E-state index contributed by atoms with van der Waals surface area (Å²) in [6, 6.07) is 0. The fourth-order valence-corrected chi connectivity index (χ4v) is 13.9. The Labute approximate surface area is 284 Å². The number of esters is 1. The van der Waals surface area contributed by atoms with Gasteiger partial charge in [-0.2, -0.15) is 0 Å². The highest BCUT2D eigenvalue weighted by atomic mass is 16.5. The van der Waals surface area contributed by atoms with Crippen molar-refractivity contribution in [2.75, 3.05) is 26.3 Å². The van der Waals surface area contributed by atoms with E-state index >= 15 is 0 Å². The van der Waals surface area contributed by atoms with Gasteiger partial charge in [-0.05, 0) is 115 Å². The maximum atomic E-state index is 14.5. The first-order valence-corrected chi connectivity index (χ1v) is 19.2. The van der Waals surface area contributed by atoms with Crippen LogP contribution >= 0.6 is 0 Å². The van der Waals surface area contributed by atoms with Crippen molar-refractivity contribution in [2.45, 2.75) is 145 Å². The minimum absolute atomic E-state index is 0.0424. The predicted octanol–water partition coefficient (Wildman–Crippen LogP) is 8.14. The van der Waals surface area contributed by atoms with E-state index in [-0.39, 0.29) is 52.0 Å². The Bertz CT molecular complexity index is 1240. The molecule has 266 valence electrons. The molecule has 6 fully saturated rings. The van der Waals surface area contributed by atoms with Gasteiger partial charge in [0.25, 0.3) is 0 Å². The third-order valence-electron chi connectivity index (χ3n) is 16.3. The van der Waals surface area contributed by atoms with Crippen LogP contribution in [-0.2, 0) is 23.9 Å². The Morgan fingerprint density at radius 1 is 0.830 bits per heavy atom. The van der Waals surface area contributed by atoms with Gasteiger partial charge in [0.2, 0.25) is 5.91 Å². The molecule has 10 atom stereocenters. The lowest BCUT2D eigenvalue weighted by atomic mass is 9.32. The maximum absolute atomic E-state index is 14.5. The molecule has 6 rings (SSSR count). The van der Waals surface area contributed by atoms with E-state index in [4.69, 9.17) is 9.47 Å². The number of morpholine rings is 1. The second-order valence-electron chi connectivity index (χ2n) is 19.2. The molecule has 0 aromatic carbocycles. The quantitative estimate of drug-likeness (QED) is 0.279. The van der Waals surface area contributed by atoms with Gasteiger partial charge < -0.3 is 19.5 Å². The molecular formula is C40H65NO6. The molecule has 5 aliphatic carbocycles. The van der Waals surface area contributed by atoms with Crippen molar-refractivity contribution >= 4 is 17.8 Å². The number of carboxylic acid groups (broad SMARTS) is 1. The number of carbonyl (C=O) groups excluding carboxylic acids is 2. The van der Waals surface area contributed by atoms with Gasteiger partial charge in [0.05, 0.1) is 31.5 Å². The van der Waals surface area contributed by atoms with Crippen molar-refractivity contribution in [1.82, 2.24) is 4.90 Å². The lowest BCUT2D eigenvalue weighted by molar-refractivity contribution is -0.250. The number of ether oxygens (including phenoxy) is 2. The van der Waals surface area contributed by atoms with Gasteiger partial charge in [-0.25, -0.2) is 0 Å². The van der Waals surface area contributed by atoms with Crippen LogP contribution in [0.2, 0.25) is 0 Å². The van der Waals surface area contributed by atoms with Crippen molar-refractivity contribution in [2.24, 2.45) is 62.1 Å². The van der Waals surface area contributed by atoms with Crippen LogP contribution in [0.1, 0.15) is 139 Å². The Hall–Kier alpha value is -1.63. The van der Waals surface area contributed by atoms with Crippen LogP contribution in [0.25, 0.3) is 0 Å². The van der Waals surface area contributed by atoms with E-state index in [0.717, 1.165) is 51.6 Å². The van der Waals surface area contributed by atoms with Gasteiger partial charge in [0, 0.05) is 18.5 Å². The fraction of sp³-hybridized carbons (Fsp3) is 0.925. The largest absolute Gasteiger partial charge is 0.481 e. The Kier molecular flexibility index (Phi) is 8.99. The van der Waals surface area contributed by atoms with Crippen molar-refractivity contribution in [3.8, 4) is 0 Å². The van der Waals surface area contributed by atoms with Crippen molar-refractivity contribution in [3.05, 3.63) is 0 Å². The average molecular weight is 656 g/mol. The van der Waals surface area contributed by atoms with Crippen LogP contribution in [0.15, 0.2) is 0 Å². The molecule has 7 nitrogen and oxygen atoms in total. The number of hydrogen-bond acceptors (Lipinski definition) is 5. The second kappa shape index (κ2) is 12.0. The molecule has 0 bridgehead atoms. The topological polar surface area (TPSA) is 93.1 Å². The fourth-order valence-electron chi connectivity index (χ4n) is 13.9. The summed E-state index contributed by atoms with van der Waals surface area (Å²) in [5, 5.41) is 9.32. The monoisotopic (exact) mass is 655 g/mol. The molecule has 1 N–H and O–H groups in total. The number of hydrogen-bond donors (Lipinski definition) is 1. The van der Waals surface area contributed by atoms with Crippen LogP contribution < -0.4 is 0 Å². The third-order valence-corrected chi connectivity index (χ3v) is 16.3. The summed E-state index contributed by atoms with van der Waals surface area (Å²) in [5.41, 5.74) is -0.356. The van der Waals surface area contributed by atoms with E-state index in [1.54, 1.807) is 0 Å². The predicted molar refractivity (Wildman–Crippen MR) is 182 cm³/mol. The zero-order valence-corrected chi connectivity index (χ0v) is 30.9. The minimum atomic E-state index is -0.879. The SMILES string of the molecule is CC[C@@H]1CCC2(C(=O)N3CCOCC3)CC[C@]3(C)C(CCC4C5(C)CCC(OC(=O)CC(C)(C)CC(=O)O)C(C)(C)C5CCC43C)C12. The van der Waals surface area contributed by atoms with E-state index in [9.17, 15) is 19.5 Å². The Morgan fingerprint density at radius 3 is 2.19 bits per heavy atom. The normalized spacial score (nSPS) is 44.4. The van der Waals surface area contributed by atoms with Gasteiger partial charge in [-0.1, -0.05) is 61.8 Å². The number of fused-ring (bicyclic) bond motifs is 7. The first-order chi connectivity index (χ1) is 21.9. The average Bonchev–Trinajstić information content (AvgIpc) is 3.38. The molecule has 1 heterocycles. The summed E-state index contributed by atoms with van der Waals surface area (Å²) in [7, 11) is 0. The standard InChI is InChI=1S/C40H65NO6/c1-9-26-12-17-40(34(45)41-20-22-46-23-21-41)19-18-38(7)27(33(26)40)10-11-29-37(6)15-14-30(36(4,5)28(37)13-16-39(29,38)8)47-32(44)25-35(2,3)24-31(42)43/h26-30,33H,9-25H2,1-8H3,(H,42,43)/t26-,27?,28?,29?,30?,33?,37?,38-,39?,40?/m1/s1. The van der Waals surface area contributed by atoms with Crippen LogP contribution in [-0.4, -0.2) is 60.3 Å². The van der Waals surface area contributed by atoms with Crippen LogP contribution in [0.3, 0.4) is 0 Å². The summed E-state index contributed by atoms with van der Waals surface area (Å²) < 4.78 is 11.9. The zero-order valence-electron chi connectivity index (χ0n) is 30.9. The first-order valence-electron chi connectivity index (χ1n) is 19.2. The van der Waals surface area contributed by atoms with E-state index < -0.39 is 11.4 Å². The molecule has 1 amide bonds. The second-order valence-corrected chi connectivity index (χ2v) is 19.2. The highest BCUT2D eigenvalue weighted by Crippen LogP contribution is 2.77. The number of carbonyl (C=O) groups is 3. The number of rotatable bonds is 7. The maximum Gasteiger partial charge on any atom is 0.306 e. The minimum Gasteiger partial charge on any atom is -0.481 e. The van der Waals surface area contributed by atoms with Crippen LogP contribution in [0.4, 0.5) is 0 Å². The van der Waals surface area contributed by atoms with Crippen molar-refractivity contribution < 1.29 is 29.0 Å². The summed E-state index contributed by atoms with van der Waals surface area (Å²) >= 11 is 0. The summed E-state index contributed by atoms with van der Waals surface area (Å²) in [6.07, 6.45) is 12.4. The summed E-state index contributed by atoms with van der Waals surface area (Å²) in [4.78, 5) is 41.2. The van der Waals surface area contributed by atoms with Gasteiger partial charge >= 0.3 is 11.9 Å². The molecule has 47 heavy (non-hydrogen) atoms. The summed E-state index contributed by atoms with van der Waals surface area (Å²) in [5.74, 6) is 2.11. The number of amides is 1. The Morgan fingerprint density at radius 2 is 1.53 bits per heavy atom. The highest BCUT2D eigenvalue weighted by molar-refractivity contribution is 5.84. The number of nitrogens with zero attached hydrogens (tertiary/aromatic N) is 1. The van der Waals surface area contributed by atoms with Crippen LogP contribution in [0.5, 0.6) is 0 Å². The molecule has 0 radical (unpaired) electrons. The van der Waals surface area contributed by atoms with Gasteiger partial charge in [-0.3, -0.25) is 14.4 Å². The van der Waals surface area contributed by atoms with Gasteiger partial charge in [-0.15, -0.1) is 0 Å². The molecule has 5 saturated carbocycles. The van der Waals surface area contributed by atoms with Crippen molar-refractivity contribution in [1.29, 1.82) is 0 Å². The molecule has 1 saturated heterocycles. The van der Waals surface area contributed by atoms with E-state index in [0.29, 0.717) is 48.7 Å². The van der Waals surface area contributed by atoms with Gasteiger partial charge in [0.15, 0.2) is 0 Å². The molecule has 0 aromatic rings. The zero-order chi connectivity index (χ0) is 34.2. The van der Waals surface area contributed by atoms with Crippen molar-refractivity contribution in [3.63, 3.8) is 0 Å². The molecule has 8 unspecified atom stereocenters. The van der Waals surface area contributed by atoms with E-state index in [1.807, 2.05) is 13.8 Å². The molecule has 6 aliphatic rings. The lowest BCUT2D eigenvalue weighted by Gasteiger charge is -2.73. The van der Waals surface area contributed by atoms with Gasteiger partial charge in [0.1, 0.15) is 6.10 Å². The van der Waals surface area contributed by atoms with Crippen LogP contribution in [0, 0.1) is 62.1 Å². The molecule has 0 spiro atoms. The molecule has 0 aromatic heterocycles. The third kappa shape index (κ3) is 5.41. The molecular weight excluding hydrogens is 590 g/mol.